The average molecular weight is 314 g/mol. The highest BCUT2D eigenvalue weighted by Crippen LogP contribution is 2.18. The van der Waals surface area contributed by atoms with Crippen LogP contribution < -0.4 is 10.6 Å². The Bertz CT molecular complexity index is 618. The summed E-state index contributed by atoms with van der Waals surface area (Å²) in [6.07, 6.45) is 0.575. The Morgan fingerprint density at radius 1 is 1.43 bits per heavy atom. The molecule has 0 aliphatic carbocycles. The van der Waals surface area contributed by atoms with Crippen molar-refractivity contribution in [3.63, 3.8) is 0 Å². The Balaban J connectivity index is 1.81. The second kappa shape index (κ2) is 6.43. The van der Waals surface area contributed by atoms with E-state index in [9.17, 15) is 17.6 Å². The van der Waals surface area contributed by atoms with E-state index in [2.05, 4.69) is 10.6 Å². The highest BCUT2D eigenvalue weighted by molar-refractivity contribution is 7.91. The van der Waals surface area contributed by atoms with Crippen molar-refractivity contribution in [2.45, 2.75) is 19.4 Å². The molecule has 0 aromatic heterocycles. The number of amides is 2. The number of hydrogen-bond donors (Lipinski definition) is 2. The molecule has 2 N–H and O–H groups in total. The molecule has 0 spiro atoms. The Labute approximate surface area is 123 Å². The van der Waals surface area contributed by atoms with Crippen LogP contribution in [0.4, 0.5) is 9.18 Å². The van der Waals surface area contributed by atoms with E-state index in [-0.39, 0.29) is 23.2 Å². The summed E-state index contributed by atoms with van der Waals surface area (Å²) in [4.78, 5) is 11.8. The molecule has 1 saturated heterocycles. The van der Waals surface area contributed by atoms with Crippen molar-refractivity contribution in [1.82, 2.24) is 10.6 Å². The second-order valence-corrected chi connectivity index (χ2v) is 7.60. The maximum atomic E-state index is 13.6. The molecule has 1 aromatic carbocycles. The minimum Gasteiger partial charge on any atom is -0.338 e. The number of nitrogens with one attached hydrogen (secondary N) is 2. The number of benzene rings is 1. The second-order valence-electron chi connectivity index (χ2n) is 5.37. The van der Waals surface area contributed by atoms with Gasteiger partial charge in [0.2, 0.25) is 0 Å². The van der Waals surface area contributed by atoms with E-state index in [0.717, 1.165) is 0 Å². The maximum Gasteiger partial charge on any atom is 0.315 e. The van der Waals surface area contributed by atoms with E-state index in [4.69, 9.17) is 0 Å². The van der Waals surface area contributed by atoms with Gasteiger partial charge in [0.1, 0.15) is 5.82 Å². The van der Waals surface area contributed by atoms with Crippen molar-refractivity contribution in [2.24, 2.45) is 5.92 Å². The predicted molar refractivity (Wildman–Crippen MR) is 78.1 cm³/mol. The smallest absolute Gasteiger partial charge is 0.315 e. The first-order valence-corrected chi connectivity index (χ1v) is 8.69. The summed E-state index contributed by atoms with van der Waals surface area (Å²) >= 11 is 0. The number of rotatable bonds is 4. The fraction of sp³-hybridized carbons (Fsp3) is 0.500. The first-order chi connectivity index (χ1) is 9.87. The summed E-state index contributed by atoms with van der Waals surface area (Å²) in [5, 5.41) is 5.29. The van der Waals surface area contributed by atoms with E-state index in [1.807, 2.05) is 0 Å². The lowest BCUT2D eigenvalue weighted by Gasteiger charge is -2.16. The van der Waals surface area contributed by atoms with Crippen molar-refractivity contribution in [2.75, 3.05) is 18.1 Å². The summed E-state index contributed by atoms with van der Waals surface area (Å²) in [7, 11) is -2.94. The lowest BCUT2D eigenvalue weighted by Crippen LogP contribution is -2.39. The van der Waals surface area contributed by atoms with Gasteiger partial charge in [-0.2, -0.15) is 0 Å². The van der Waals surface area contributed by atoms with Gasteiger partial charge in [0.15, 0.2) is 9.84 Å². The van der Waals surface area contributed by atoms with E-state index < -0.39 is 21.9 Å². The highest BCUT2D eigenvalue weighted by atomic mass is 32.2. The number of carbonyl (C=O) groups excluding carboxylic acids is 1. The normalized spacial score (nSPS) is 21.7. The molecule has 1 aromatic rings. The topological polar surface area (TPSA) is 75.3 Å². The van der Waals surface area contributed by atoms with Crippen LogP contribution in [0.2, 0.25) is 0 Å². The Morgan fingerprint density at radius 2 is 2.14 bits per heavy atom. The first kappa shape index (κ1) is 15.8. The molecule has 2 rings (SSSR count). The van der Waals surface area contributed by atoms with Crippen LogP contribution >= 0.6 is 0 Å². The minimum atomic E-state index is -2.94. The minimum absolute atomic E-state index is 0.0375. The van der Waals surface area contributed by atoms with Crippen molar-refractivity contribution in [3.8, 4) is 0 Å². The molecule has 1 heterocycles. The largest absolute Gasteiger partial charge is 0.338 e. The Kier molecular flexibility index (Phi) is 4.82. The third-order valence-corrected chi connectivity index (χ3v) is 5.43. The van der Waals surface area contributed by atoms with Gasteiger partial charge in [-0.25, -0.2) is 17.6 Å². The van der Waals surface area contributed by atoms with Gasteiger partial charge in [-0.1, -0.05) is 18.2 Å². The van der Waals surface area contributed by atoms with E-state index in [1.54, 1.807) is 25.1 Å². The van der Waals surface area contributed by atoms with Gasteiger partial charge >= 0.3 is 6.03 Å². The van der Waals surface area contributed by atoms with Crippen LogP contribution in [-0.2, 0) is 9.84 Å². The molecule has 1 aliphatic heterocycles. The fourth-order valence-corrected chi connectivity index (χ4v) is 4.28. The van der Waals surface area contributed by atoms with E-state index >= 15 is 0 Å². The van der Waals surface area contributed by atoms with Crippen molar-refractivity contribution < 1.29 is 17.6 Å². The van der Waals surface area contributed by atoms with Gasteiger partial charge in [0.05, 0.1) is 17.5 Å². The van der Waals surface area contributed by atoms with Gasteiger partial charge < -0.3 is 10.6 Å². The molecule has 0 radical (unpaired) electrons. The fourth-order valence-electron chi connectivity index (χ4n) is 2.42. The van der Waals surface area contributed by atoms with Gasteiger partial charge in [-0.05, 0) is 25.3 Å². The number of halogens is 1. The van der Waals surface area contributed by atoms with Crippen LogP contribution in [0.3, 0.4) is 0 Å². The summed E-state index contributed by atoms with van der Waals surface area (Å²) in [5.41, 5.74) is 0.413. The summed E-state index contributed by atoms with van der Waals surface area (Å²) in [5.74, 6) is -0.0976. The van der Waals surface area contributed by atoms with Gasteiger partial charge in [0, 0.05) is 12.1 Å². The zero-order valence-corrected chi connectivity index (χ0v) is 12.6. The SMILES string of the molecule is C[C@H](NC(=O)NC[C@@H]1CCS(=O)(=O)C1)c1ccccc1F. The highest BCUT2D eigenvalue weighted by Gasteiger charge is 2.28. The third-order valence-electron chi connectivity index (χ3n) is 3.60. The van der Waals surface area contributed by atoms with Crippen molar-refractivity contribution in [3.05, 3.63) is 35.6 Å². The van der Waals surface area contributed by atoms with E-state index in [0.29, 0.717) is 18.5 Å². The number of urea groups is 1. The first-order valence-electron chi connectivity index (χ1n) is 6.86. The molecule has 116 valence electrons. The molecule has 0 saturated carbocycles. The molecule has 0 bridgehead atoms. The lowest BCUT2D eigenvalue weighted by molar-refractivity contribution is 0.236. The van der Waals surface area contributed by atoms with Gasteiger partial charge in [-0.3, -0.25) is 0 Å². The van der Waals surface area contributed by atoms with Crippen molar-refractivity contribution >= 4 is 15.9 Å². The Hall–Kier alpha value is -1.63. The van der Waals surface area contributed by atoms with Crippen LogP contribution in [0.25, 0.3) is 0 Å². The monoisotopic (exact) mass is 314 g/mol. The molecule has 2 atom stereocenters. The quantitative estimate of drug-likeness (QED) is 0.887. The molecule has 7 heteroatoms. The van der Waals surface area contributed by atoms with Crippen LogP contribution in [0, 0.1) is 11.7 Å². The molecule has 21 heavy (non-hydrogen) atoms. The number of hydrogen-bond acceptors (Lipinski definition) is 3. The van der Waals surface area contributed by atoms with E-state index in [1.165, 1.54) is 6.07 Å². The summed E-state index contributed by atoms with van der Waals surface area (Å²) in [6.45, 7) is 2.01. The molecule has 0 unspecified atom stereocenters. The summed E-state index contributed by atoms with van der Waals surface area (Å²) in [6, 6.07) is 5.37. The van der Waals surface area contributed by atoms with Gasteiger partial charge in [0.25, 0.3) is 0 Å². The zero-order chi connectivity index (χ0) is 15.5. The molecular weight excluding hydrogens is 295 g/mol. The Morgan fingerprint density at radius 3 is 2.76 bits per heavy atom. The lowest BCUT2D eigenvalue weighted by atomic mass is 10.1. The number of sulfone groups is 1. The predicted octanol–water partition coefficient (Wildman–Crippen LogP) is 1.62. The van der Waals surface area contributed by atoms with Crippen molar-refractivity contribution in [1.29, 1.82) is 0 Å². The average Bonchev–Trinajstić information content (AvgIpc) is 2.76. The van der Waals surface area contributed by atoms with Crippen LogP contribution in [0.1, 0.15) is 24.9 Å². The van der Waals surface area contributed by atoms with Gasteiger partial charge in [-0.15, -0.1) is 0 Å². The molecule has 1 fully saturated rings. The maximum absolute atomic E-state index is 13.6. The standard InChI is InChI=1S/C14H19FN2O3S/c1-10(12-4-2-3-5-13(12)15)17-14(18)16-8-11-6-7-21(19,20)9-11/h2-5,10-11H,6-9H2,1H3,(H2,16,17,18)/t10-,11-/m0/s1. The summed E-state index contributed by atoms with van der Waals surface area (Å²) < 4.78 is 36.2. The molecule has 5 nitrogen and oxygen atoms in total. The molecular formula is C14H19FN2O3S. The van der Waals surface area contributed by atoms with Crippen LogP contribution in [0.5, 0.6) is 0 Å². The molecule has 1 aliphatic rings. The molecule has 2 amide bonds. The third kappa shape index (κ3) is 4.42. The van der Waals surface area contributed by atoms with Crippen LogP contribution in [0.15, 0.2) is 24.3 Å². The zero-order valence-electron chi connectivity index (χ0n) is 11.8. The van der Waals surface area contributed by atoms with Crippen LogP contribution in [-0.4, -0.2) is 32.5 Å². The number of carbonyl (C=O) groups is 1.